The Morgan fingerprint density at radius 3 is 2.69 bits per heavy atom. The molecule has 2 aromatic heterocycles. The Hall–Kier alpha value is -2.60. The molecule has 0 spiro atoms. The highest BCUT2D eigenvalue weighted by atomic mass is 32.2. The quantitative estimate of drug-likeness (QED) is 0.400. The van der Waals surface area contributed by atoms with Gasteiger partial charge in [-0.1, -0.05) is 35.2 Å². The number of anilines is 2. The number of alkyl halides is 3. The number of halogens is 4. The lowest BCUT2D eigenvalue weighted by Crippen LogP contribution is -2.39. The van der Waals surface area contributed by atoms with Crippen LogP contribution in [-0.4, -0.2) is 39.5 Å². The van der Waals surface area contributed by atoms with Gasteiger partial charge in [-0.15, -0.1) is 10.2 Å². The maximum absolute atomic E-state index is 13.7. The molecular weight excluding hydrogens is 432 g/mol. The number of nitrogens with zero attached hydrogens (tertiary/aromatic N) is 3. The van der Waals surface area contributed by atoms with Gasteiger partial charge in [-0.05, 0) is 24.3 Å². The predicted molar refractivity (Wildman–Crippen MR) is 100 cm³/mol. The van der Waals surface area contributed by atoms with Crippen molar-refractivity contribution in [3.05, 3.63) is 54.2 Å². The zero-order valence-corrected chi connectivity index (χ0v) is 16.3. The van der Waals surface area contributed by atoms with Gasteiger partial charge >= 0.3 is 6.18 Å². The van der Waals surface area contributed by atoms with E-state index < -0.39 is 24.4 Å². The van der Waals surface area contributed by atoms with Crippen molar-refractivity contribution < 1.29 is 26.8 Å². The monoisotopic (exact) mass is 446 g/mol. The molecule has 1 amide bonds. The number of carbonyl (C=O) groups is 1. The normalized spacial score (nSPS) is 11.4. The second-order valence-corrected chi connectivity index (χ2v) is 7.91. The molecule has 29 heavy (non-hydrogen) atoms. The van der Waals surface area contributed by atoms with E-state index in [4.69, 9.17) is 4.42 Å². The van der Waals surface area contributed by atoms with Gasteiger partial charge in [0.1, 0.15) is 18.1 Å². The summed E-state index contributed by atoms with van der Waals surface area (Å²) in [5.74, 6) is -1.19. The second-order valence-electron chi connectivity index (χ2n) is 5.71. The average molecular weight is 446 g/mol. The van der Waals surface area contributed by atoms with E-state index in [0.717, 1.165) is 23.1 Å². The largest absolute Gasteiger partial charge is 0.467 e. The fourth-order valence-corrected chi connectivity index (χ4v) is 3.92. The Morgan fingerprint density at radius 1 is 1.21 bits per heavy atom. The summed E-state index contributed by atoms with van der Waals surface area (Å²) in [6, 6.07) is 9.03. The molecule has 0 unspecified atom stereocenters. The van der Waals surface area contributed by atoms with Gasteiger partial charge in [0.05, 0.1) is 24.2 Å². The van der Waals surface area contributed by atoms with Gasteiger partial charge in [0.15, 0.2) is 4.34 Å². The van der Waals surface area contributed by atoms with E-state index in [0.29, 0.717) is 14.4 Å². The molecule has 0 aliphatic heterocycles. The highest BCUT2D eigenvalue weighted by Crippen LogP contribution is 2.29. The average Bonchev–Trinajstić information content (AvgIpc) is 3.32. The van der Waals surface area contributed by atoms with Crippen LogP contribution in [0, 0.1) is 5.82 Å². The third-order valence-corrected chi connectivity index (χ3v) is 5.45. The van der Waals surface area contributed by atoms with Crippen molar-refractivity contribution in [3.8, 4) is 0 Å². The molecule has 3 rings (SSSR count). The zero-order valence-electron chi connectivity index (χ0n) is 14.6. The molecule has 0 radical (unpaired) electrons. The van der Waals surface area contributed by atoms with E-state index in [1.807, 2.05) is 0 Å². The van der Waals surface area contributed by atoms with E-state index in [1.165, 1.54) is 30.5 Å². The van der Waals surface area contributed by atoms with Crippen LogP contribution in [0.1, 0.15) is 5.76 Å². The molecule has 0 fully saturated rings. The first-order chi connectivity index (χ1) is 13.8. The van der Waals surface area contributed by atoms with Crippen molar-refractivity contribution >= 4 is 39.8 Å². The summed E-state index contributed by atoms with van der Waals surface area (Å²) in [6.45, 7) is -1.68. The Bertz CT molecular complexity index is 947. The minimum absolute atomic E-state index is 0.214. The van der Waals surface area contributed by atoms with Crippen LogP contribution in [0.15, 0.2) is 51.4 Å². The van der Waals surface area contributed by atoms with Crippen LogP contribution in [0.2, 0.25) is 0 Å². The third kappa shape index (κ3) is 6.46. The Morgan fingerprint density at radius 2 is 2.00 bits per heavy atom. The van der Waals surface area contributed by atoms with Crippen molar-refractivity contribution in [2.24, 2.45) is 0 Å². The van der Waals surface area contributed by atoms with Crippen molar-refractivity contribution in [3.63, 3.8) is 0 Å². The molecule has 12 heteroatoms. The number of benzene rings is 1. The van der Waals surface area contributed by atoms with E-state index in [9.17, 15) is 22.4 Å². The lowest BCUT2D eigenvalue weighted by Gasteiger charge is -2.22. The van der Waals surface area contributed by atoms with Crippen LogP contribution < -0.4 is 5.32 Å². The van der Waals surface area contributed by atoms with Crippen molar-refractivity contribution in [2.45, 2.75) is 17.1 Å². The summed E-state index contributed by atoms with van der Waals surface area (Å²) in [4.78, 5) is 13.0. The van der Waals surface area contributed by atoms with E-state index >= 15 is 0 Å². The van der Waals surface area contributed by atoms with Crippen LogP contribution in [0.5, 0.6) is 0 Å². The standard InChI is InChI=1S/C17H14F4N4O2S2/c18-12-5-1-2-6-13(12)22-15-23-24-16(29-15)28-9-14(26)25(10-17(19,20)21)8-11-4-3-7-27-11/h1-7H,8-10H2,(H,22,23). The number of furan rings is 1. The van der Waals surface area contributed by atoms with Crippen LogP contribution in [0.3, 0.4) is 0 Å². The van der Waals surface area contributed by atoms with Crippen molar-refractivity contribution in [1.29, 1.82) is 0 Å². The summed E-state index contributed by atoms with van der Waals surface area (Å²) >= 11 is 2.01. The Kier molecular flexibility index (Phi) is 6.75. The summed E-state index contributed by atoms with van der Waals surface area (Å²) in [5, 5.41) is 10.8. The molecule has 154 valence electrons. The van der Waals surface area contributed by atoms with E-state index in [2.05, 4.69) is 15.5 Å². The Labute approximate surface area is 170 Å². The minimum atomic E-state index is -4.54. The third-order valence-electron chi connectivity index (χ3n) is 3.49. The van der Waals surface area contributed by atoms with Gasteiger partial charge in [-0.2, -0.15) is 13.2 Å². The number of thioether (sulfide) groups is 1. The first kappa shape index (κ1) is 21.1. The highest BCUT2D eigenvalue weighted by Gasteiger charge is 2.33. The van der Waals surface area contributed by atoms with Crippen molar-refractivity contribution in [2.75, 3.05) is 17.6 Å². The number of hydrogen-bond acceptors (Lipinski definition) is 7. The molecule has 0 atom stereocenters. The summed E-state index contributed by atoms with van der Waals surface area (Å²) in [7, 11) is 0. The van der Waals surface area contributed by atoms with Gasteiger partial charge in [0.2, 0.25) is 11.0 Å². The number of para-hydroxylation sites is 1. The lowest BCUT2D eigenvalue weighted by molar-refractivity contribution is -0.161. The smallest absolute Gasteiger partial charge is 0.406 e. The predicted octanol–water partition coefficient (Wildman–Crippen LogP) is 4.70. The number of rotatable bonds is 8. The van der Waals surface area contributed by atoms with Crippen LogP contribution >= 0.6 is 23.1 Å². The Balaban J connectivity index is 1.59. The molecule has 2 heterocycles. The lowest BCUT2D eigenvalue weighted by atomic mass is 10.3. The minimum Gasteiger partial charge on any atom is -0.467 e. The molecule has 6 nitrogen and oxygen atoms in total. The topological polar surface area (TPSA) is 71.3 Å². The summed E-state index contributed by atoms with van der Waals surface area (Å²) in [6.07, 6.45) is -3.21. The van der Waals surface area contributed by atoms with E-state index in [1.54, 1.807) is 12.1 Å². The maximum Gasteiger partial charge on any atom is 0.406 e. The van der Waals surface area contributed by atoms with Crippen LogP contribution in [-0.2, 0) is 11.3 Å². The number of hydrogen-bond donors (Lipinski definition) is 1. The summed E-state index contributed by atoms with van der Waals surface area (Å²) < 4.78 is 57.5. The van der Waals surface area contributed by atoms with Crippen molar-refractivity contribution in [1.82, 2.24) is 15.1 Å². The molecule has 0 saturated carbocycles. The summed E-state index contributed by atoms with van der Waals surface area (Å²) in [5.41, 5.74) is 0.214. The maximum atomic E-state index is 13.7. The first-order valence-electron chi connectivity index (χ1n) is 8.15. The number of amides is 1. The fourth-order valence-electron chi connectivity index (χ4n) is 2.25. The molecule has 3 aromatic rings. The number of aromatic nitrogens is 2. The van der Waals surface area contributed by atoms with Crippen LogP contribution in [0.25, 0.3) is 0 Å². The number of carbonyl (C=O) groups excluding carboxylic acids is 1. The molecule has 1 N–H and O–H groups in total. The first-order valence-corrected chi connectivity index (χ1v) is 9.95. The zero-order chi connectivity index (χ0) is 20.9. The number of nitrogens with one attached hydrogen (secondary N) is 1. The second kappa shape index (κ2) is 9.27. The highest BCUT2D eigenvalue weighted by molar-refractivity contribution is 8.01. The molecule has 0 bridgehead atoms. The van der Waals surface area contributed by atoms with Crippen LogP contribution in [0.4, 0.5) is 28.4 Å². The molecule has 1 aromatic carbocycles. The molecule has 0 aliphatic rings. The molecular formula is C17H14F4N4O2S2. The molecule has 0 aliphatic carbocycles. The van der Waals surface area contributed by atoms with Gasteiger partial charge in [-0.25, -0.2) is 4.39 Å². The van der Waals surface area contributed by atoms with Gasteiger partial charge in [-0.3, -0.25) is 4.79 Å². The fraction of sp³-hybridized carbons (Fsp3) is 0.235. The molecule has 0 saturated heterocycles. The van der Waals surface area contributed by atoms with Gasteiger partial charge in [0.25, 0.3) is 0 Å². The van der Waals surface area contributed by atoms with Gasteiger partial charge < -0.3 is 14.6 Å². The SMILES string of the molecule is O=C(CSc1nnc(Nc2ccccc2F)s1)N(Cc1ccco1)CC(F)(F)F. The van der Waals surface area contributed by atoms with Gasteiger partial charge in [0, 0.05) is 0 Å². The van der Waals surface area contributed by atoms with E-state index in [-0.39, 0.29) is 23.7 Å².